The maximum absolute atomic E-state index is 12.6. The van der Waals surface area contributed by atoms with Crippen molar-refractivity contribution in [2.24, 2.45) is 0 Å². The molecule has 0 aliphatic heterocycles. The topological polar surface area (TPSA) is 71.1 Å². The number of pyridine rings is 1. The number of aryl methyl sites for hydroxylation is 4. The first-order chi connectivity index (χ1) is 13.3. The summed E-state index contributed by atoms with van der Waals surface area (Å²) in [4.78, 5) is 29.3. The van der Waals surface area contributed by atoms with Crippen LogP contribution >= 0.6 is 0 Å². The molecule has 0 aliphatic rings. The Morgan fingerprint density at radius 2 is 1.18 bits per heavy atom. The van der Waals surface area contributed by atoms with Gasteiger partial charge in [-0.05, 0) is 80.3 Å². The number of carbonyl (C=O) groups is 2. The van der Waals surface area contributed by atoms with Crippen LogP contribution in [0.15, 0.2) is 54.9 Å². The molecular formula is C23H23N3O2. The van der Waals surface area contributed by atoms with Gasteiger partial charge in [0, 0.05) is 17.3 Å². The fourth-order valence-corrected chi connectivity index (χ4v) is 2.76. The van der Waals surface area contributed by atoms with Gasteiger partial charge in [-0.2, -0.15) is 0 Å². The lowest BCUT2D eigenvalue weighted by Crippen LogP contribution is -2.17. The second-order valence-corrected chi connectivity index (χ2v) is 6.93. The summed E-state index contributed by atoms with van der Waals surface area (Å²) in [5.74, 6) is -0.492. The van der Waals surface area contributed by atoms with Crippen LogP contribution in [0, 0.1) is 27.7 Å². The van der Waals surface area contributed by atoms with Crippen molar-refractivity contribution in [2.75, 3.05) is 10.6 Å². The van der Waals surface area contributed by atoms with E-state index in [1.54, 1.807) is 24.4 Å². The molecule has 2 aromatic carbocycles. The molecule has 3 aromatic rings. The Hall–Kier alpha value is -3.47. The summed E-state index contributed by atoms with van der Waals surface area (Å²) in [6, 6.07) is 12.7. The van der Waals surface area contributed by atoms with E-state index in [0.29, 0.717) is 22.5 Å². The third-order valence-corrected chi connectivity index (χ3v) is 4.86. The minimum absolute atomic E-state index is 0.240. The Morgan fingerprint density at radius 3 is 1.68 bits per heavy atom. The van der Waals surface area contributed by atoms with Crippen molar-refractivity contribution < 1.29 is 9.59 Å². The smallest absolute Gasteiger partial charge is 0.255 e. The maximum Gasteiger partial charge on any atom is 0.255 e. The summed E-state index contributed by atoms with van der Waals surface area (Å²) >= 11 is 0. The van der Waals surface area contributed by atoms with Crippen molar-refractivity contribution in [3.05, 3.63) is 88.2 Å². The SMILES string of the molecule is Cc1ccc(C(=O)Nc2ccncc2NC(=O)c2ccc(C)c(C)c2)cc1C. The van der Waals surface area contributed by atoms with Crippen LogP contribution in [0.5, 0.6) is 0 Å². The highest BCUT2D eigenvalue weighted by Gasteiger charge is 2.13. The third kappa shape index (κ3) is 4.26. The highest BCUT2D eigenvalue weighted by atomic mass is 16.2. The van der Waals surface area contributed by atoms with E-state index in [1.165, 1.54) is 6.20 Å². The minimum Gasteiger partial charge on any atom is -0.320 e. The van der Waals surface area contributed by atoms with Crippen molar-refractivity contribution in [2.45, 2.75) is 27.7 Å². The lowest BCUT2D eigenvalue weighted by molar-refractivity contribution is 0.101. The highest BCUT2D eigenvalue weighted by Crippen LogP contribution is 2.22. The standard InChI is InChI=1S/C23H23N3O2/c1-14-5-7-18(11-16(14)3)22(27)25-20-9-10-24-13-21(20)26-23(28)19-8-6-15(2)17(4)12-19/h5-13H,1-4H3,(H,26,28)(H,24,25,27). The maximum atomic E-state index is 12.6. The molecule has 0 radical (unpaired) electrons. The summed E-state index contributed by atoms with van der Waals surface area (Å²) in [5.41, 5.74) is 6.40. The largest absolute Gasteiger partial charge is 0.320 e. The fraction of sp³-hybridized carbons (Fsp3) is 0.174. The molecule has 0 unspecified atom stereocenters. The summed E-state index contributed by atoms with van der Waals surface area (Å²) < 4.78 is 0. The van der Waals surface area contributed by atoms with Crippen LogP contribution in [-0.4, -0.2) is 16.8 Å². The van der Waals surface area contributed by atoms with E-state index in [0.717, 1.165) is 22.3 Å². The third-order valence-electron chi connectivity index (χ3n) is 4.86. The zero-order valence-corrected chi connectivity index (χ0v) is 16.5. The number of aromatic nitrogens is 1. The number of rotatable bonds is 4. The average molecular weight is 373 g/mol. The van der Waals surface area contributed by atoms with Gasteiger partial charge in [-0.1, -0.05) is 12.1 Å². The summed E-state index contributed by atoms with van der Waals surface area (Å²) in [7, 11) is 0. The fourth-order valence-electron chi connectivity index (χ4n) is 2.76. The van der Waals surface area contributed by atoms with E-state index in [1.807, 2.05) is 52.0 Å². The first-order valence-electron chi connectivity index (χ1n) is 9.06. The van der Waals surface area contributed by atoms with Crippen LogP contribution in [-0.2, 0) is 0 Å². The zero-order valence-electron chi connectivity index (χ0n) is 16.5. The number of carbonyl (C=O) groups excluding carboxylic acids is 2. The van der Waals surface area contributed by atoms with Crippen LogP contribution in [0.3, 0.4) is 0 Å². The quantitative estimate of drug-likeness (QED) is 0.689. The van der Waals surface area contributed by atoms with Crippen molar-refractivity contribution >= 4 is 23.2 Å². The van der Waals surface area contributed by atoms with Gasteiger partial charge >= 0.3 is 0 Å². The number of nitrogens with one attached hydrogen (secondary N) is 2. The number of anilines is 2. The summed E-state index contributed by atoms with van der Waals surface area (Å²) in [6.07, 6.45) is 3.09. The minimum atomic E-state index is -0.252. The normalized spacial score (nSPS) is 10.4. The molecule has 28 heavy (non-hydrogen) atoms. The van der Waals surface area contributed by atoms with E-state index < -0.39 is 0 Å². The molecule has 0 saturated heterocycles. The van der Waals surface area contributed by atoms with Crippen molar-refractivity contribution in [3.63, 3.8) is 0 Å². The Labute approximate surface area is 164 Å². The molecule has 1 aromatic heterocycles. The predicted octanol–water partition coefficient (Wildman–Crippen LogP) is 4.82. The Bertz CT molecular complexity index is 973. The number of benzene rings is 2. The van der Waals surface area contributed by atoms with Crippen molar-refractivity contribution in [1.82, 2.24) is 4.98 Å². The number of nitrogens with zero attached hydrogens (tertiary/aromatic N) is 1. The van der Waals surface area contributed by atoms with Gasteiger partial charge in [-0.15, -0.1) is 0 Å². The lowest BCUT2D eigenvalue weighted by atomic mass is 10.1. The van der Waals surface area contributed by atoms with Crippen molar-refractivity contribution in [3.8, 4) is 0 Å². The predicted molar refractivity (Wildman–Crippen MR) is 112 cm³/mol. The van der Waals surface area contributed by atoms with Gasteiger partial charge in [0.25, 0.3) is 11.8 Å². The molecule has 0 aliphatic carbocycles. The average Bonchev–Trinajstić information content (AvgIpc) is 2.67. The van der Waals surface area contributed by atoms with Gasteiger partial charge in [0.2, 0.25) is 0 Å². The molecule has 0 bridgehead atoms. The first-order valence-corrected chi connectivity index (χ1v) is 9.06. The molecule has 0 fully saturated rings. The van der Waals surface area contributed by atoms with Gasteiger partial charge in [0.05, 0.1) is 17.6 Å². The Kier molecular flexibility index (Phi) is 5.54. The van der Waals surface area contributed by atoms with Crippen LogP contribution in [0.1, 0.15) is 43.0 Å². The molecule has 3 rings (SSSR count). The molecule has 142 valence electrons. The number of hydrogen-bond donors (Lipinski definition) is 2. The summed E-state index contributed by atoms with van der Waals surface area (Å²) in [5, 5.41) is 5.69. The van der Waals surface area contributed by atoms with E-state index in [2.05, 4.69) is 15.6 Å². The molecule has 0 atom stereocenters. The number of amides is 2. The van der Waals surface area contributed by atoms with E-state index in [-0.39, 0.29) is 11.8 Å². The van der Waals surface area contributed by atoms with Gasteiger partial charge in [0.15, 0.2) is 0 Å². The molecule has 0 saturated carbocycles. The number of hydrogen-bond acceptors (Lipinski definition) is 3. The van der Waals surface area contributed by atoms with Crippen LogP contribution in [0.25, 0.3) is 0 Å². The molecule has 1 heterocycles. The monoisotopic (exact) mass is 373 g/mol. The Balaban J connectivity index is 1.80. The van der Waals surface area contributed by atoms with Crippen LogP contribution in [0.2, 0.25) is 0 Å². The molecule has 2 amide bonds. The van der Waals surface area contributed by atoms with Crippen LogP contribution < -0.4 is 10.6 Å². The van der Waals surface area contributed by atoms with E-state index in [9.17, 15) is 9.59 Å². The van der Waals surface area contributed by atoms with Crippen molar-refractivity contribution in [1.29, 1.82) is 0 Å². The van der Waals surface area contributed by atoms with Gasteiger partial charge in [-0.3, -0.25) is 14.6 Å². The van der Waals surface area contributed by atoms with E-state index in [4.69, 9.17) is 0 Å². The molecule has 5 heteroatoms. The van der Waals surface area contributed by atoms with Gasteiger partial charge < -0.3 is 10.6 Å². The summed E-state index contributed by atoms with van der Waals surface area (Å²) in [6.45, 7) is 7.93. The second-order valence-electron chi connectivity index (χ2n) is 6.93. The molecular weight excluding hydrogens is 350 g/mol. The Morgan fingerprint density at radius 1 is 0.679 bits per heavy atom. The molecule has 0 spiro atoms. The van der Waals surface area contributed by atoms with E-state index >= 15 is 0 Å². The molecule has 5 nitrogen and oxygen atoms in total. The van der Waals surface area contributed by atoms with Crippen LogP contribution in [0.4, 0.5) is 11.4 Å². The highest BCUT2D eigenvalue weighted by molar-refractivity contribution is 6.10. The van der Waals surface area contributed by atoms with Gasteiger partial charge in [-0.25, -0.2) is 0 Å². The lowest BCUT2D eigenvalue weighted by Gasteiger charge is -2.13. The first kappa shape index (κ1) is 19.3. The molecule has 2 N–H and O–H groups in total. The van der Waals surface area contributed by atoms with Gasteiger partial charge in [0.1, 0.15) is 0 Å². The zero-order chi connectivity index (χ0) is 20.3. The second kappa shape index (κ2) is 8.05.